The van der Waals surface area contributed by atoms with E-state index in [1.807, 2.05) is 62.6 Å². The molecule has 0 unspecified atom stereocenters. The number of carbonyl (C=O) groups excluding carboxylic acids is 1. The predicted octanol–water partition coefficient (Wildman–Crippen LogP) is 3.50. The van der Waals surface area contributed by atoms with Gasteiger partial charge in [0.2, 0.25) is 5.88 Å². The number of aliphatic hydroxyl groups excluding tert-OH is 1. The molecule has 36 heavy (non-hydrogen) atoms. The van der Waals surface area contributed by atoms with Gasteiger partial charge in [-0.2, -0.15) is 0 Å². The molecule has 0 bridgehead atoms. The Morgan fingerprint density at radius 1 is 1.22 bits per heavy atom. The van der Waals surface area contributed by atoms with Crippen LogP contribution in [0.5, 0.6) is 11.6 Å². The topological polar surface area (TPSA) is 88.0 Å². The zero-order valence-corrected chi connectivity index (χ0v) is 21.3. The summed E-state index contributed by atoms with van der Waals surface area (Å²) in [6.45, 7) is 5.63. The fourth-order valence-electron chi connectivity index (χ4n) is 4.53. The van der Waals surface area contributed by atoms with Gasteiger partial charge in [-0.1, -0.05) is 31.2 Å². The van der Waals surface area contributed by atoms with Gasteiger partial charge in [0.25, 0.3) is 5.91 Å². The van der Waals surface area contributed by atoms with Crippen LogP contribution in [0.3, 0.4) is 0 Å². The molecule has 1 aromatic carbocycles. The average molecular weight is 491 g/mol. The van der Waals surface area contributed by atoms with Gasteiger partial charge in [-0.3, -0.25) is 14.7 Å². The molecule has 0 spiro atoms. The van der Waals surface area contributed by atoms with Crippen LogP contribution < -0.4 is 9.47 Å². The second-order valence-electron chi connectivity index (χ2n) is 9.46. The van der Waals surface area contributed by atoms with Crippen LogP contribution in [0.4, 0.5) is 0 Å². The van der Waals surface area contributed by atoms with Crippen LogP contribution in [0.2, 0.25) is 0 Å². The Morgan fingerprint density at radius 3 is 2.75 bits per heavy atom. The lowest BCUT2D eigenvalue weighted by atomic mass is 9.99. The standard InChI is InChI=1S/C28H34N4O4/c1-19-15-32(20(2)18-33)28(34)24-12-22(23-9-5-6-10-25(23)35-4)14-30-27(24)36-26(19)17-31(3)16-21-8-7-11-29-13-21/h5-14,19-20,26,33H,15-18H2,1-4H3/t19-,20+,26-/m0/s1. The van der Waals surface area contributed by atoms with Crippen LogP contribution in [-0.2, 0) is 6.54 Å². The van der Waals surface area contributed by atoms with E-state index in [4.69, 9.17) is 9.47 Å². The van der Waals surface area contributed by atoms with E-state index >= 15 is 0 Å². The number of para-hydroxylation sites is 1. The molecule has 4 rings (SSSR count). The minimum Gasteiger partial charge on any atom is -0.496 e. The number of methoxy groups -OCH3 is 1. The van der Waals surface area contributed by atoms with Crippen molar-refractivity contribution in [3.05, 3.63) is 72.2 Å². The number of ether oxygens (including phenoxy) is 2. The molecule has 8 heteroatoms. The second kappa shape index (κ2) is 11.5. The van der Waals surface area contributed by atoms with Crippen molar-refractivity contribution in [2.75, 3.05) is 33.9 Å². The molecular weight excluding hydrogens is 456 g/mol. The Bertz CT molecular complexity index is 1170. The van der Waals surface area contributed by atoms with Crippen molar-refractivity contribution >= 4 is 5.91 Å². The molecule has 2 aromatic heterocycles. The van der Waals surface area contributed by atoms with Gasteiger partial charge >= 0.3 is 0 Å². The number of benzene rings is 1. The number of aromatic nitrogens is 2. The molecule has 190 valence electrons. The zero-order valence-electron chi connectivity index (χ0n) is 21.3. The van der Waals surface area contributed by atoms with E-state index in [2.05, 4.69) is 21.8 Å². The summed E-state index contributed by atoms with van der Waals surface area (Å²) >= 11 is 0. The zero-order chi connectivity index (χ0) is 25.7. The van der Waals surface area contributed by atoms with Crippen LogP contribution in [0.15, 0.2) is 61.1 Å². The Kier molecular flexibility index (Phi) is 8.18. The molecule has 1 aliphatic heterocycles. The van der Waals surface area contributed by atoms with E-state index in [-0.39, 0.29) is 30.6 Å². The fourth-order valence-corrected chi connectivity index (χ4v) is 4.53. The largest absolute Gasteiger partial charge is 0.496 e. The molecule has 0 fully saturated rings. The molecule has 0 saturated heterocycles. The number of hydrogen-bond acceptors (Lipinski definition) is 7. The lowest BCUT2D eigenvalue weighted by Crippen LogP contribution is -2.49. The Balaban J connectivity index is 1.68. The first-order chi connectivity index (χ1) is 17.4. The maximum absolute atomic E-state index is 13.7. The third-order valence-electron chi connectivity index (χ3n) is 6.61. The molecule has 3 heterocycles. The summed E-state index contributed by atoms with van der Waals surface area (Å²) < 4.78 is 11.9. The van der Waals surface area contributed by atoms with Crippen LogP contribution in [0.1, 0.15) is 29.8 Å². The summed E-state index contributed by atoms with van der Waals surface area (Å²) in [7, 11) is 3.66. The third-order valence-corrected chi connectivity index (χ3v) is 6.61. The molecule has 3 atom stereocenters. The van der Waals surface area contributed by atoms with E-state index in [1.165, 1.54) is 0 Å². The van der Waals surface area contributed by atoms with Crippen LogP contribution in [-0.4, -0.2) is 76.8 Å². The van der Waals surface area contributed by atoms with Crippen molar-refractivity contribution in [1.82, 2.24) is 19.8 Å². The second-order valence-corrected chi connectivity index (χ2v) is 9.46. The van der Waals surface area contributed by atoms with Crippen LogP contribution >= 0.6 is 0 Å². The highest BCUT2D eigenvalue weighted by atomic mass is 16.5. The van der Waals surface area contributed by atoms with Gasteiger partial charge in [-0.05, 0) is 37.7 Å². The molecule has 0 aliphatic carbocycles. The van der Waals surface area contributed by atoms with Gasteiger partial charge < -0.3 is 19.5 Å². The number of rotatable bonds is 8. The van der Waals surface area contributed by atoms with E-state index in [0.717, 1.165) is 23.2 Å². The van der Waals surface area contributed by atoms with Crippen molar-refractivity contribution in [3.8, 4) is 22.8 Å². The first-order valence-corrected chi connectivity index (χ1v) is 12.2. The summed E-state index contributed by atoms with van der Waals surface area (Å²) in [5.74, 6) is 0.815. The monoisotopic (exact) mass is 490 g/mol. The minimum absolute atomic E-state index is 0.0168. The maximum Gasteiger partial charge on any atom is 0.259 e. The molecule has 1 N–H and O–H groups in total. The number of pyridine rings is 2. The Morgan fingerprint density at radius 2 is 2.03 bits per heavy atom. The minimum atomic E-state index is -0.338. The quantitative estimate of drug-likeness (QED) is 0.517. The summed E-state index contributed by atoms with van der Waals surface area (Å²) in [6.07, 6.45) is 5.13. The van der Waals surface area contributed by atoms with Crippen molar-refractivity contribution in [1.29, 1.82) is 0 Å². The van der Waals surface area contributed by atoms with Crippen LogP contribution in [0.25, 0.3) is 11.1 Å². The van der Waals surface area contributed by atoms with Gasteiger partial charge in [0.15, 0.2) is 0 Å². The molecule has 1 aliphatic rings. The van der Waals surface area contributed by atoms with Crippen molar-refractivity contribution in [2.24, 2.45) is 5.92 Å². The number of nitrogens with zero attached hydrogens (tertiary/aromatic N) is 4. The average Bonchev–Trinajstić information content (AvgIpc) is 2.90. The van der Waals surface area contributed by atoms with E-state index in [1.54, 1.807) is 24.4 Å². The fraction of sp³-hybridized carbons (Fsp3) is 0.393. The smallest absolute Gasteiger partial charge is 0.259 e. The van der Waals surface area contributed by atoms with Gasteiger partial charge in [-0.15, -0.1) is 0 Å². The molecule has 0 radical (unpaired) electrons. The van der Waals surface area contributed by atoms with E-state index in [0.29, 0.717) is 30.3 Å². The van der Waals surface area contributed by atoms with E-state index in [9.17, 15) is 9.90 Å². The molecule has 3 aromatic rings. The number of amides is 1. The third kappa shape index (κ3) is 5.66. The van der Waals surface area contributed by atoms with E-state index < -0.39 is 0 Å². The highest BCUT2D eigenvalue weighted by Crippen LogP contribution is 2.34. The summed E-state index contributed by atoms with van der Waals surface area (Å²) in [5.41, 5.74) is 3.10. The van der Waals surface area contributed by atoms with Gasteiger partial charge in [0, 0.05) is 55.3 Å². The number of likely N-dealkylation sites (N-methyl/N-ethyl adjacent to an activating group) is 1. The maximum atomic E-state index is 13.7. The summed E-state index contributed by atoms with van der Waals surface area (Å²) in [6, 6.07) is 13.1. The van der Waals surface area contributed by atoms with Crippen molar-refractivity contribution in [2.45, 2.75) is 32.5 Å². The highest BCUT2D eigenvalue weighted by molar-refractivity contribution is 5.98. The van der Waals surface area contributed by atoms with Crippen molar-refractivity contribution < 1.29 is 19.4 Å². The lowest BCUT2D eigenvalue weighted by molar-refractivity contribution is 0.0325. The van der Waals surface area contributed by atoms with Gasteiger partial charge in [0.1, 0.15) is 17.4 Å². The van der Waals surface area contributed by atoms with Crippen LogP contribution in [0, 0.1) is 5.92 Å². The highest BCUT2D eigenvalue weighted by Gasteiger charge is 2.34. The number of fused-ring (bicyclic) bond motifs is 1. The molecule has 8 nitrogen and oxygen atoms in total. The number of carbonyl (C=O) groups is 1. The number of hydrogen-bond donors (Lipinski definition) is 1. The lowest BCUT2D eigenvalue weighted by Gasteiger charge is -2.37. The SMILES string of the molecule is COc1ccccc1-c1cnc2c(c1)C(=O)N([C@H](C)CO)C[C@H](C)[C@H](CN(C)Cc1cccnc1)O2. The Hall–Kier alpha value is -3.49. The molecular formula is C28H34N4O4. The van der Waals surface area contributed by atoms with Gasteiger partial charge in [0.05, 0.1) is 19.8 Å². The first-order valence-electron chi connectivity index (χ1n) is 12.2. The molecule has 1 amide bonds. The summed E-state index contributed by atoms with van der Waals surface area (Å²) in [5, 5.41) is 9.91. The van der Waals surface area contributed by atoms with Crippen molar-refractivity contribution in [3.63, 3.8) is 0 Å². The predicted molar refractivity (Wildman–Crippen MR) is 138 cm³/mol. The first kappa shape index (κ1) is 25.6. The Labute approximate surface area is 212 Å². The summed E-state index contributed by atoms with van der Waals surface area (Å²) in [4.78, 5) is 26.4. The number of aliphatic hydroxyl groups is 1. The van der Waals surface area contributed by atoms with Gasteiger partial charge in [-0.25, -0.2) is 4.98 Å². The molecule has 0 saturated carbocycles. The normalized spacial score (nSPS) is 18.7.